The molecular weight excluding hydrogens is 285 g/mol. The molecule has 0 unspecified atom stereocenters. The molecule has 1 aromatic carbocycles. The van der Waals surface area contributed by atoms with Crippen molar-refractivity contribution in [3.8, 4) is 0 Å². The highest BCUT2D eigenvalue weighted by Crippen LogP contribution is 2.25. The Labute approximate surface area is 120 Å². The number of pyridine rings is 1. The lowest BCUT2D eigenvalue weighted by Crippen LogP contribution is -2.20. The van der Waals surface area contributed by atoms with E-state index in [1.54, 1.807) is 30.5 Å². The first kappa shape index (κ1) is 13.6. The number of carbonyl (C=O) groups is 1. The van der Waals surface area contributed by atoms with E-state index in [1.165, 1.54) is 0 Å². The van der Waals surface area contributed by atoms with Crippen molar-refractivity contribution in [2.45, 2.75) is 6.92 Å². The van der Waals surface area contributed by atoms with Crippen molar-refractivity contribution in [1.29, 1.82) is 0 Å². The van der Waals surface area contributed by atoms with Gasteiger partial charge in [0.1, 0.15) is 5.82 Å². The Bertz CT molecular complexity index is 617. The number of hydrogen-bond acceptors (Lipinski definition) is 2. The van der Waals surface area contributed by atoms with Crippen LogP contribution in [0, 0.1) is 6.92 Å². The van der Waals surface area contributed by atoms with E-state index in [9.17, 15) is 4.79 Å². The molecule has 0 bridgehead atoms. The lowest BCUT2D eigenvalue weighted by atomic mass is 10.3. The van der Waals surface area contributed by atoms with Crippen molar-refractivity contribution in [3.05, 3.63) is 52.1 Å². The highest BCUT2D eigenvalue weighted by atomic mass is 35.5. The summed E-state index contributed by atoms with van der Waals surface area (Å²) in [5.74, 6) is 0.498. The molecule has 0 spiro atoms. The number of hydrogen-bond donors (Lipinski definition) is 2. The molecule has 1 heterocycles. The van der Waals surface area contributed by atoms with E-state index in [0.29, 0.717) is 21.6 Å². The van der Waals surface area contributed by atoms with Crippen molar-refractivity contribution >= 4 is 40.7 Å². The Morgan fingerprint density at radius 3 is 2.74 bits per heavy atom. The molecule has 2 rings (SSSR count). The number of aryl methyl sites for hydroxylation is 1. The predicted octanol–water partition coefficient (Wildman–Crippen LogP) is 4.34. The molecule has 2 aromatic rings. The van der Waals surface area contributed by atoms with Crippen LogP contribution < -0.4 is 10.6 Å². The summed E-state index contributed by atoms with van der Waals surface area (Å²) in [6, 6.07) is 8.07. The van der Waals surface area contributed by atoms with Gasteiger partial charge in [0.25, 0.3) is 0 Å². The molecule has 0 aliphatic carbocycles. The second kappa shape index (κ2) is 5.91. The average Bonchev–Trinajstić information content (AvgIpc) is 2.37. The maximum atomic E-state index is 11.8. The van der Waals surface area contributed by atoms with Crippen LogP contribution in [0.25, 0.3) is 0 Å². The third-order valence-electron chi connectivity index (χ3n) is 2.42. The van der Waals surface area contributed by atoms with Gasteiger partial charge in [0, 0.05) is 11.2 Å². The van der Waals surface area contributed by atoms with Gasteiger partial charge in [0.05, 0.1) is 10.7 Å². The van der Waals surface area contributed by atoms with Gasteiger partial charge in [-0.2, -0.15) is 0 Å². The zero-order valence-corrected chi connectivity index (χ0v) is 11.6. The summed E-state index contributed by atoms with van der Waals surface area (Å²) in [5.41, 5.74) is 1.31. The topological polar surface area (TPSA) is 54.0 Å². The number of urea groups is 1. The molecular formula is C13H11Cl2N3O. The monoisotopic (exact) mass is 295 g/mol. The van der Waals surface area contributed by atoms with Crippen LogP contribution in [0.1, 0.15) is 5.56 Å². The van der Waals surface area contributed by atoms with Crippen LogP contribution in [-0.4, -0.2) is 11.0 Å². The van der Waals surface area contributed by atoms with Gasteiger partial charge >= 0.3 is 6.03 Å². The molecule has 1 aromatic heterocycles. The lowest BCUT2D eigenvalue weighted by Gasteiger charge is -2.10. The number of carbonyl (C=O) groups excluding carboxylic acids is 1. The van der Waals surface area contributed by atoms with Gasteiger partial charge in [-0.1, -0.05) is 29.3 Å². The second-order valence-electron chi connectivity index (χ2n) is 3.87. The Morgan fingerprint density at radius 1 is 1.21 bits per heavy atom. The summed E-state index contributed by atoms with van der Waals surface area (Å²) in [6.45, 7) is 1.86. The first-order chi connectivity index (χ1) is 9.06. The van der Waals surface area contributed by atoms with Crippen molar-refractivity contribution in [3.63, 3.8) is 0 Å². The summed E-state index contributed by atoms with van der Waals surface area (Å²) >= 11 is 11.8. The van der Waals surface area contributed by atoms with Gasteiger partial charge in [0.15, 0.2) is 0 Å². The summed E-state index contributed by atoms with van der Waals surface area (Å²) in [7, 11) is 0. The molecule has 6 heteroatoms. The van der Waals surface area contributed by atoms with Crippen LogP contribution in [0.5, 0.6) is 0 Å². The highest BCUT2D eigenvalue weighted by Gasteiger charge is 2.08. The zero-order chi connectivity index (χ0) is 13.8. The third-order valence-corrected chi connectivity index (χ3v) is 2.98. The normalized spacial score (nSPS) is 10.1. The Kier molecular flexibility index (Phi) is 4.24. The van der Waals surface area contributed by atoms with E-state index < -0.39 is 6.03 Å². The molecule has 2 N–H and O–H groups in total. The molecule has 0 saturated carbocycles. The molecule has 0 aliphatic rings. The Balaban J connectivity index is 2.10. The molecule has 0 radical (unpaired) electrons. The van der Waals surface area contributed by atoms with Gasteiger partial charge in [0.2, 0.25) is 0 Å². The molecule has 0 fully saturated rings. The van der Waals surface area contributed by atoms with E-state index in [1.807, 2.05) is 13.0 Å². The zero-order valence-electron chi connectivity index (χ0n) is 10.1. The molecule has 0 saturated heterocycles. The minimum atomic E-state index is -0.425. The number of rotatable bonds is 2. The maximum Gasteiger partial charge on any atom is 0.324 e. The molecule has 0 aliphatic heterocycles. The SMILES string of the molecule is Cc1cccnc1NC(=O)Nc1cc(Cl)ccc1Cl. The number of aromatic nitrogens is 1. The number of nitrogens with zero attached hydrogens (tertiary/aromatic N) is 1. The summed E-state index contributed by atoms with van der Waals surface area (Å²) in [5, 5.41) is 6.17. The largest absolute Gasteiger partial charge is 0.324 e. The Morgan fingerprint density at radius 2 is 2.00 bits per heavy atom. The van der Waals surface area contributed by atoms with E-state index >= 15 is 0 Å². The van der Waals surface area contributed by atoms with Crippen LogP contribution in [0.15, 0.2) is 36.5 Å². The predicted molar refractivity (Wildman–Crippen MR) is 78.1 cm³/mol. The summed E-state index contributed by atoms with van der Waals surface area (Å²) in [4.78, 5) is 15.9. The Hall–Kier alpha value is -1.78. The van der Waals surface area contributed by atoms with Gasteiger partial charge in [-0.3, -0.25) is 5.32 Å². The fraction of sp³-hybridized carbons (Fsp3) is 0.0769. The molecule has 2 amide bonds. The highest BCUT2D eigenvalue weighted by molar-refractivity contribution is 6.35. The quantitative estimate of drug-likeness (QED) is 0.866. The van der Waals surface area contributed by atoms with Crippen LogP contribution in [0.3, 0.4) is 0 Å². The molecule has 0 atom stereocenters. The fourth-order valence-corrected chi connectivity index (χ4v) is 1.81. The van der Waals surface area contributed by atoms with Crippen molar-refractivity contribution in [2.75, 3.05) is 10.6 Å². The summed E-state index contributed by atoms with van der Waals surface area (Å²) < 4.78 is 0. The average molecular weight is 296 g/mol. The molecule has 19 heavy (non-hydrogen) atoms. The second-order valence-corrected chi connectivity index (χ2v) is 4.72. The van der Waals surface area contributed by atoms with E-state index in [-0.39, 0.29) is 0 Å². The number of benzene rings is 1. The molecule has 98 valence electrons. The number of nitrogens with one attached hydrogen (secondary N) is 2. The smallest absolute Gasteiger partial charge is 0.306 e. The van der Waals surface area contributed by atoms with Crippen LogP contribution in [0.2, 0.25) is 10.0 Å². The van der Waals surface area contributed by atoms with Crippen LogP contribution >= 0.6 is 23.2 Å². The standard InChI is InChI=1S/C13H11Cl2N3O/c1-8-3-2-6-16-12(8)18-13(19)17-11-7-9(14)4-5-10(11)15/h2-7H,1H3,(H2,16,17,18,19). The van der Waals surface area contributed by atoms with Crippen molar-refractivity contribution in [2.24, 2.45) is 0 Å². The van der Waals surface area contributed by atoms with Crippen molar-refractivity contribution in [1.82, 2.24) is 4.98 Å². The minimum Gasteiger partial charge on any atom is -0.306 e. The number of anilines is 2. The first-order valence-corrected chi connectivity index (χ1v) is 6.26. The first-order valence-electron chi connectivity index (χ1n) is 5.51. The van der Waals surface area contributed by atoms with E-state index in [2.05, 4.69) is 15.6 Å². The lowest BCUT2D eigenvalue weighted by molar-refractivity contribution is 0.262. The van der Waals surface area contributed by atoms with E-state index in [4.69, 9.17) is 23.2 Å². The van der Waals surface area contributed by atoms with Gasteiger partial charge in [-0.05, 0) is 36.8 Å². The number of halogens is 2. The van der Waals surface area contributed by atoms with Gasteiger partial charge in [-0.25, -0.2) is 9.78 Å². The van der Waals surface area contributed by atoms with Crippen molar-refractivity contribution < 1.29 is 4.79 Å². The van der Waals surface area contributed by atoms with E-state index in [0.717, 1.165) is 5.56 Å². The minimum absolute atomic E-state index is 0.414. The number of amides is 2. The fourth-order valence-electron chi connectivity index (χ4n) is 1.47. The third kappa shape index (κ3) is 3.59. The van der Waals surface area contributed by atoms with Crippen LogP contribution in [-0.2, 0) is 0 Å². The summed E-state index contributed by atoms with van der Waals surface area (Å²) in [6.07, 6.45) is 1.61. The van der Waals surface area contributed by atoms with Gasteiger partial charge in [-0.15, -0.1) is 0 Å². The maximum absolute atomic E-state index is 11.8. The molecule has 4 nitrogen and oxygen atoms in total. The van der Waals surface area contributed by atoms with Crippen LogP contribution in [0.4, 0.5) is 16.3 Å². The van der Waals surface area contributed by atoms with Gasteiger partial charge < -0.3 is 5.32 Å².